The summed E-state index contributed by atoms with van der Waals surface area (Å²) in [5.74, 6) is 1.94. The first-order chi connectivity index (χ1) is 11.1. The van der Waals surface area contributed by atoms with Crippen LogP contribution in [0.5, 0.6) is 11.5 Å². The highest BCUT2D eigenvalue weighted by molar-refractivity contribution is 6.97. The normalized spacial score (nSPS) is 12.4. The van der Waals surface area contributed by atoms with E-state index < -0.39 is 0 Å². The van der Waals surface area contributed by atoms with Crippen molar-refractivity contribution in [2.45, 2.75) is 20.8 Å². The van der Waals surface area contributed by atoms with Crippen LogP contribution in [-0.2, 0) is 0 Å². The Morgan fingerprint density at radius 2 is 1.39 bits per heavy atom. The molecule has 0 N–H and O–H groups in total. The molecule has 2 heteroatoms. The Labute approximate surface area is 138 Å². The highest BCUT2D eigenvalue weighted by atomic mass is 16.5. The van der Waals surface area contributed by atoms with Gasteiger partial charge in [0.25, 0.3) is 6.71 Å². The second-order valence-corrected chi connectivity index (χ2v) is 6.42. The minimum absolute atomic E-state index is 0.232. The van der Waals surface area contributed by atoms with Gasteiger partial charge in [0.2, 0.25) is 0 Å². The number of benzene rings is 3. The Morgan fingerprint density at radius 1 is 0.696 bits per heavy atom. The maximum absolute atomic E-state index is 6.16. The summed E-state index contributed by atoms with van der Waals surface area (Å²) >= 11 is 0. The van der Waals surface area contributed by atoms with E-state index in [0.29, 0.717) is 0 Å². The molecule has 0 saturated carbocycles. The van der Waals surface area contributed by atoms with Gasteiger partial charge in [-0.15, -0.1) is 0 Å². The van der Waals surface area contributed by atoms with Crippen LogP contribution in [0.2, 0.25) is 0 Å². The van der Waals surface area contributed by atoms with Crippen molar-refractivity contribution in [2.75, 3.05) is 0 Å². The molecule has 3 aromatic carbocycles. The summed E-state index contributed by atoms with van der Waals surface area (Å²) in [6.45, 7) is 6.78. The topological polar surface area (TPSA) is 9.23 Å². The summed E-state index contributed by atoms with van der Waals surface area (Å²) in [4.78, 5) is 0. The van der Waals surface area contributed by atoms with Gasteiger partial charge in [0, 0.05) is 0 Å². The summed E-state index contributed by atoms with van der Waals surface area (Å²) in [7, 11) is 0. The van der Waals surface area contributed by atoms with Crippen molar-refractivity contribution in [3.8, 4) is 11.5 Å². The highest BCUT2D eigenvalue weighted by Crippen LogP contribution is 2.25. The summed E-state index contributed by atoms with van der Waals surface area (Å²) in [6, 6.07) is 21.4. The van der Waals surface area contributed by atoms with Gasteiger partial charge in [-0.05, 0) is 43.8 Å². The molecule has 0 amide bonds. The first-order valence-electron chi connectivity index (χ1n) is 8.08. The van der Waals surface area contributed by atoms with Crippen molar-refractivity contribution in [1.29, 1.82) is 0 Å². The van der Waals surface area contributed by atoms with E-state index in [4.69, 9.17) is 4.74 Å². The largest absolute Gasteiger partial charge is 0.458 e. The molecule has 0 aliphatic carbocycles. The molecule has 23 heavy (non-hydrogen) atoms. The number of hydrogen-bond donors (Lipinski definition) is 0. The molecule has 0 unspecified atom stereocenters. The predicted octanol–water partition coefficient (Wildman–Crippen LogP) is 3.23. The third kappa shape index (κ3) is 2.26. The minimum atomic E-state index is 0.232. The average molecular weight is 298 g/mol. The van der Waals surface area contributed by atoms with E-state index in [1.807, 2.05) is 6.07 Å². The standard InChI is InChI=1S/C21H19BO/c1-14-11-12-20-18(13-14)22(17-9-4-5-10-19(17)23-20)21-15(2)7-6-8-16(21)3/h4-13H,1-3H3. The lowest BCUT2D eigenvalue weighted by atomic mass is 9.34. The smallest absolute Gasteiger partial charge is 0.251 e. The van der Waals surface area contributed by atoms with Crippen LogP contribution in [-0.4, -0.2) is 6.71 Å². The molecule has 112 valence electrons. The van der Waals surface area contributed by atoms with E-state index in [9.17, 15) is 0 Å². The molecular weight excluding hydrogens is 279 g/mol. The van der Waals surface area contributed by atoms with Crippen LogP contribution in [0.1, 0.15) is 16.7 Å². The second kappa shape index (κ2) is 5.31. The summed E-state index contributed by atoms with van der Waals surface area (Å²) in [5.41, 5.74) is 7.85. The third-order valence-electron chi connectivity index (χ3n) is 4.76. The van der Waals surface area contributed by atoms with Gasteiger partial charge in [0.05, 0.1) is 0 Å². The molecule has 0 atom stereocenters. The van der Waals surface area contributed by atoms with Crippen LogP contribution >= 0.6 is 0 Å². The lowest BCUT2D eigenvalue weighted by Gasteiger charge is -2.28. The number of rotatable bonds is 1. The SMILES string of the molecule is Cc1ccc2c(c1)B(c1c(C)cccc1C)c1ccccc1O2. The lowest BCUT2D eigenvalue weighted by Crippen LogP contribution is -2.56. The van der Waals surface area contributed by atoms with Crippen LogP contribution in [0.4, 0.5) is 0 Å². The van der Waals surface area contributed by atoms with Gasteiger partial charge in [-0.3, -0.25) is 0 Å². The van der Waals surface area contributed by atoms with Crippen molar-refractivity contribution in [3.05, 3.63) is 77.4 Å². The van der Waals surface area contributed by atoms with Gasteiger partial charge < -0.3 is 4.74 Å². The molecule has 0 bridgehead atoms. The van der Waals surface area contributed by atoms with Crippen molar-refractivity contribution >= 4 is 23.1 Å². The Balaban J connectivity index is 2.04. The van der Waals surface area contributed by atoms with Gasteiger partial charge in [-0.25, -0.2) is 0 Å². The van der Waals surface area contributed by atoms with Gasteiger partial charge in [-0.2, -0.15) is 0 Å². The molecule has 1 aliphatic rings. The van der Waals surface area contributed by atoms with Crippen LogP contribution in [0.15, 0.2) is 60.7 Å². The number of para-hydroxylation sites is 1. The van der Waals surface area contributed by atoms with E-state index in [0.717, 1.165) is 11.5 Å². The predicted molar refractivity (Wildman–Crippen MR) is 98.3 cm³/mol. The Hall–Kier alpha value is -2.48. The van der Waals surface area contributed by atoms with Gasteiger partial charge in [-0.1, -0.05) is 70.7 Å². The molecule has 0 fully saturated rings. The molecule has 0 saturated heterocycles. The zero-order valence-electron chi connectivity index (χ0n) is 13.8. The number of fused-ring (bicyclic) bond motifs is 2. The van der Waals surface area contributed by atoms with Gasteiger partial charge in [0.15, 0.2) is 0 Å². The van der Waals surface area contributed by atoms with Crippen molar-refractivity contribution in [3.63, 3.8) is 0 Å². The van der Waals surface area contributed by atoms with Gasteiger partial charge in [0.1, 0.15) is 11.5 Å². The fourth-order valence-electron chi connectivity index (χ4n) is 3.68. The average Bonchev–Trinajstić information content (AvgIpc) is 2.54. The molecule has 1 heterocycles. The maximum atomic E-state index is 6.16. The van der Waals surface area contributed by atoms with Crippen LogP contribution < -0.4 is 21.1 Å². The molecular formula is C21H19BO. The first kappa shape index (κ1) is 14.1. The molecule has 0 spiro atoms. The quantitative estimate of drug-likeness (QED) is 0.490. The minimum Gasteiger partial charge on any atom is -0.458 e. The van der Waals surface area contributed by atoms with E-state index in [1.165, 1.54) is 33.1 Å². The lowest BCUT2D eigenvalue weighted by molar-refractivity contribution is 0.487. The zero-order valence-corrected chi connectivity index (χ0v) is 13.8. The summed E-state index contributed by atoms with van der Waals surface area (Å²) < 4.78 is 6.16. The van der Waals surface area contributed by atoms with E-state index in [1.54, 1.807) is 0 Å². The van der Waals surface area contributed by atoms with Crippen molar-refractivity contribution in [1.82, 2.24) is 0 Å². The molecule has 1 aliphatic heterocycles. The summed E-state index contributed by atoms with van der Waals surface area (Å²) in [6.07, 6.45) is 0. The van der Waals surface area contributed by atoms with E-state index >= 15 is 0 Å². The summed E-state index contributed by atoms with van der Waals surface area (Å²) in [5, 5.41) is 0. The Kier molecular flexibility index (Phi) is 3.26. The number of hydrogen-bond acceptors (Lipinski definition) is 1. The van der Waals surface area contributed by atoms with Gasteiger partial charge >= 0.3 is 0 Å². The van der Waals surface area contributed by atoms with Crippen molar-refractivity contribution in [2.24, 2.45) is 0 Å². The molecule has 0 aromatic heterocycles. The fraction of sp³-hybridized carbons (Fsp3) is 0.143. The van der Waals surface area contributed by atoms with E-state index in [-0.39, 0.29) is 6.71 Å². The number of ether oxygens (including phenoxy) is 1. The van der Waals surface area contributed by atoms with Crippen LogP contribution in [0, 0.1) is 20.8 Å². The van der Waals surface area contributed by atoms with Crippen LogP contribution in [0.25, 0.3) is 0 Å². The van der Waals surface area contributed by atoms with Crippen molar-refractivity contribution < 1.29 is 4.74 Å². The maximum Gasteiger partial charge on any atom is 0.251 e. The van der Waals surface area contributed by atoms with E-state index in [2.05, 4.69) is 75.4 Å². The molecule has 1 nitrogen and oxygen atoms in total. The van der Waals surface area contributed by atoms with Crippen LogP contribution in [0.3, 0.4) is 0 Å². The monoisotopic (exact) mass is 298 g/mol. The third-order valence-corrected chi connectivity index (χ3v) is 4.76. The Bertz CT molecular complexity index is 878. The zero-order chi connectivity index (χ0) is 16.0. The highest BCUT2D eigenvalue weighted by Gasteiger charge is 2.33. The Morgan fingerprint density at radius 3 is 2.17 bits per heavy atom. The second-order valence-electron chi connectivity index (χ2n) is 6.42. The number of aryl methyl sites for hydroxylation is 3. The first-order valence-corrected chi connectivity index (χ1v) is 8.08. The molecule has 3 aromatic rings. The molecule has 4 rings (SSSR count). The molecule has 0 radical (unpaired) electrons. The fourth-order valence-corrected chi connectivity index (χ4v) is 3.68.